The molecule has 6 aromatic rings. The first-order chi connectivity index (χ1) is 24.7. The SMILES string of the molecule is CN(Nc1ccccc1Nc1ccccc1)/C(=C\Cc1ccccc1)C/C=C\C(=C/N)C1(c2ccccc2)c2ccccc2-c2ccccc21. The van der Waals surface area contributed by atoms with Crippen molar-refractivity contribution in [1.29, 1.82) is 0 Å². The molecule has 6 aromatic carbocycles. The molecule has 7 rings (SSSR count). The van der Waals surface area contributed by atoms with Gasteiger partial charge in [0.2, 0.25) is 0 Å². The number of hydrogen-bond acceptors (Lipinski definition) is 4. The van der Waals surface area contributed by atoms with Crippen molar-refractivity contribution >= 4 is 17.1 Å². The van der Waals surface area contributed by atoms with E-state index in [0.29, 0.717) is 6.42 Å². The van der Waals surface area contributed by atoms with Crippen LogP contribution in [0.25, 0.3) is 11.1 Å². The number of para-hydroxylation sites is 3. The molecule has 0 heterocycles. The number of rotatable bonds is 12. The van der Waals surface area contributed by atoms with Crippen molar-refractivity contribution < 1.29 is 0 Å². The largest absolute Gasteiger partial charge is 0.404 e. The van der Waals surface area contributed by atoms with Gasteiger partial charge < -0.3 is 11.1 Å². The molecule has 0 amide bonds. The molecule has 4 N–H and O–H groups in total. The number of hydrazine groups is 1. The molecule has 0 unspecified atom stereocenters. The second-order valence-electron chi connectivity index (χ2n) is 12.5. The van der Waals surface area contributed by atoms with E-state index in [4.69, 9.17) is 5.73 Å². The number of nitrogens with zero attached hydrogens (tertiary/aromatic N) is 1. The third-order valence-electron chi connectivity index (χ3n) is 9.51. The minimum absolute atomic E-state index is 0.542. The van der Waals surface area contributed by atoms with Gasteiger partial charge in [-0.25, -0.2) is 0 Å². The van der Waals surface area contributed by atoms with Crippen LogP contribution in [0.1, 0.15) is 28.7 Å². The molecule has 0 bridgehead atoms. The van der Waals surface area contributed by atoms with Crippen LogP contribution in [0.3, 0.4) is 0 Å². The van der Waals surface area contributed by atoms with Crippen LogP contribution in [-0.2, 0) is 11.8 Å². The fraction of sp³-hybridized carbons (Fsp3) is 0.0870. The predicted octanol–water partition coefficient (Wildman–Crippen LogP) is 10.6. The second-order valence-corrected chi connectivity index (χ2v) is 12.5. The van der Waals surface area contributed by atoms with Gasteiger partial charge in [0.05, 0.1) is 16.8 Å². The predicted molar refractivity (Wildman–Crippen MR) is 210 cm³/mol. The smallest absolute Gasteiger partial charge is 0.0776 e. The quantitative estimate of drug-likeness (QED) is 0.0911. The van der Waals surface area contributed by atoms with Crippen molar-refractivity contribution in [3.63, 3.8) is 0 Å². The highest BCUT2D eigenvalue weighted by Crippen LogP contribution is 2.56. The Bertz CT molecular complexity index is 2090. The summed E-state index contributed by atoms with van der Waals surface area (Å²) in [6.45, 7) is 0. The average Bonchev–Trinajstić information content (AvgIpc) is 3.47. The number of nitrogens with two attached hydrogens (primary N) is 1. The summed E-state index contributed by atoms with van der Waals surface area (Å²) in [5.74, 6) is 0. The van der Waals surface area contributed by atoms with Crippen LogP contribution in [0.2, 0.25) is 0 Å². The molecule has 50 heavy (non-hydrogen) atoms. The maximum absolute atomic E-state index is 6.63. The van der Waals surface area contributed by atoms with Crippen LogP contribution in [0.4, 0.5) is 17.1 Å². The van der Waals surface area contributed by atoms with Crippen molar-refractivity contribution in [3.8, 4) is 11.1 Å². The first-order valence-electron chi connectivity index (χ1n) is 17.2. The molecule has 0 radical (unpaired) electrons. The summed E-state index contributed by atoms with van der Waals surface area (Å²) in [4.78, 5) is 0. The van der Waals surface area contributed by atoms with E-state index < -0.39 is 5.41 Å². The van der Waals surface area contributed by atoms with E-state index in [9.17, 15) is 0 Å². The third-order valence-corrected chi connectivity index (χ3v) is 9.51. The van der Waals surface area contributed by atoms with Crippen LogP contribution in [-0.4, -0.2) is 12.1 Å². The Kier molecular flexibility index (Phi) is 9.61. The molecule has 0 fully saturated rings. The van der Waals surface area contributed by atoms with Gasteiger partial charge in [-0.15, -0.1) is 0 Å². The van der Waals surface area contributed by atoms with Crippen molar-refractivity contribution in [1.82, 2.24) is 5.01 Å². The molecule has 0 aromatic heterocycles. The van der Waals surface area contributed by atoms with E-state index in [1.807, 2.05) is 24.3 Å². The fourth-order valence-corrected chi connectivity index (χ4v) is 7.15. The number of nitrogens with one attached hydrogen (secondary N) is 2. The Hall–Kier alpha value is -6.26. The summed E-state index contributed by atoms with van der Waals surface area (Å²) in [6.07, 6.45) is 10.1. The van der Waals surface area contributed by atoms with E-state index in [0.717, 1.165) is 34.8 Å². The van der Waals surface area contributed by atoms with Crippen LogP contribution in [0.5, 0.6) is 0 Å². The molecule has 0 saturated heterocycles. The van der Waals surface area contributed by atoms with Crippen molar-refractivity contribution in [3.05, 3.63) is 222 Å². The van der Waals surface area contributed by atoms with E-state index >= 15 is 0 Å². The molecule has 4 nitrogen and oxygen atoms in total. The van der Waals surface area contributed by atoms with Gasteiger partial charge in [0.25, 0.3) is 0 Å². The molecular formula is C46H42N4. The van der Waals surface area contributed by atoms with Gasteiger partial charge in [-0.1, -0.05) is 158 Å². The van der Waals surface area contributed by atoms with Crippen molar-refractivity contribution in [2.75, 3.05) is 17.8 Å². The normalized spacial score (nSPS) is 13.5. The van der Waals surface area contributed by atoms with Crippen molar-refractivity contribution in [2.24, 2.45) is 5.73 Å². The first-order valence-corrected chi connectivity index (χ1v) is 17.2. The Morgan fingerprint density at radius 3 is 1.82 bits per heavy atom. The lowest BCUT2D eigenvalue weighted by Crippen LogP contribution is -2.29. The average molecular weight is 651 g/mol. The van der Waals surface area contributed by atoms with Gasteiger partial charge in [0.1, 0.15) is 0 Å². The maximum Gasteiger partial charge on any atom is 0.0776 e. The van der Waals surface area contributed by atoms with Gasteiger partial charge in [0.15, 0.2) is 0 Å². The summed E-state index contributed by atoms with van der Waals surface area (Å²) in [5.41, 5.74) is 22.4. The highest BCUT2D eigenvalue weighted by Gasteiger charge is 2.46. The molecule has 0 saturated carbocycles. The zero-order valence-electron chi connectivity index (χ0n) is 28.3. The highest BCUT2D eigenvalue weighted by molar-refractivity contribution is 5.86. The van der Waals surface area contributed by atoms with Crippen LogP contribution < -0.4 is 16.5 Å². The molecule has 0 aliphatic heterocycles. The number of benzene rings is 6. The molecule has 1 aliphatic rings. The maximum atomic E-state index is 6.63. The van der Waals surface area contributed by atoms with Crippen LogP contribution >= 0.6 is 0 Å². The van der Waals surface area contributed by atoms with E-state index in [-0.39, 0.29) is 0 Å². The molecule has 246 valence electrons. The lowest BCUT2D eigenvalue weighted by atomic mass is 9.67. The first kappa shape index (κ1) is 32.3. The molecule has 0 spiro atoms. The van der Waals surface area contributed by atoms with Gasteiger partial charge >= 0.3 is 0 Å². The highest BCUT2D eigenvalue weighted by atomic mass is 15.5. The Balaban J connectivity index is 1.23. The summed E-state index contributed by atoms with van der Waals surface area (Å²) >= 11 is 0. The molecule has 1 aliphatic carbocycles. The molecular weight excluding hydrogens is 609 g/mol. The third kappa shape index (κ3) is 6.44. The van der Waals surface area contributed by atoms with Gasteiger partial charge in [-0.3, -0.25) is 10.4 Å². The molecule has 4 heteroatoms. The lowest BCUT2D eigenvalue weighted by Gasteiger charge is -2.34. The summed E-state index contributed by atoms with van der Waals surface area (Å²) in [7, 11) is 2.08. The zero-order chi connectivity index (χ0) is 34.2. The number of hydrogen-bond donors (Lipinski definition) is 3. The summed E-state index contributed by atoms with van der Waals surface area (Å²) < 4.78 is 0. The summed E-state index contributed by atoms with van der Waals surface area (Å²) in [6, 6.07) is 57.4. The number of allylic oxidation sites excluding steroid dienone is 4. The van der Waals surface area contributed by atoms with Gasteiger partial charge in [-0.05, 0) is 75.8 Å². The van der Waals surface area contributed by atoms with E-state index in [1.54, 1.807) is 6.20 Å². The summed E-state index contributed by atoms with van der Waals surface area (Å²) in [5, 5.41) is 5.69. The molecule has 0 atom stereocenters. The minimum atomic E-state index is -0.542. The van der Waals surface area contributed by atoms with Crippen LogP contribution in [0, 0.1) is 0 Å². The lowest BCUT2D eigenvalue weighted by molar-refractivity contribution is 0.489. The standard InChI is InChI=1S/C46H42N4/c1-50(49-45-31-16-15-30-44(45)48-38-23-9-4-10-24-38)39(33-32-35-18-5-2-6-19-35)25-17-22-37(34-47)46(36-20-7-3-8-21-36)42-28-13-11-26-40(42)41-27-12-14-29-43(41)46/h2-24,26-31,33-34,48-49H,25,32,47H2,1H3/b22-17-,37-34+,39-33-. The Labute approximate surface area is 295 Å². The minimum Gasteiger partial charge on any atom is -0.404 e. The van der Waals surface area contributed by atoms with Gasteiger partial charge in [-0.2, -0.15) is 0 Å². The second kappa shape index (κ2) is 14.9. The van der Waals surface area contributed by atoms with Crippen LogP contribution in [0.15, 0.2) is 199 Å². The van der Waals surface area contributed by atoms with Gasteiger partial charge in [0, 0.05) is 24.9 Å². The Morgan fingerprint density at radius 2 is 1.18 bits per heavy atom. The fourth-order valence-electron chi connectivity index (χ4n) is 7.15. The number of anilines is 3. The van der Waals surface area contributed by atoms with E-state index in [2.05, 4.69) is 181 Å². The Morgan fingerprint density at radius 1 is 0.640 bits per heavy atom. The number of fused-ring (bicyclic) bond motifs is 3. The monoisotopic (exact) mass is 650 g/mol. The topological polar surface area (TPSA) is 53.3 Å². The van der Waals surface area contributed by atoms with E-state index in [1.165, 1.54) is 33.4 Å². The van der Waals surface area contributed by atoms with Crippen molar-refractivity contribution in [2.45, 2.75) is 18.3 Å². The zero-order valence-corrected chi connectivity index (χ0v) is 28.3.